The van der Waals surface area contributed by atoms with Crippen LogP contribution in [0.3, 0.4) is 0 Å². The summed E-state index contributed by atoms with van der Waals surface area (Å²) in [6, 6.07) is 9.24. The molecule has 1 aromatic carbocycles. The molecular weight excluding hydrogens is 206 g/mol. The number of benzene rings is 1. The molecule has 2 atom stereocenters. The molecule has 0 aromatic heterocycles. The van der Waals surface area contributed by atoms with Crippen molar-refractivity contribution in [2.24, 2.45) is 0 Å². The summed E-state index contributed by atoms with van der Waals surface area (Å²) in [5, 5.41) is 11.7. The van der Waals surface area contributed by atoms with Gasteiger partial charge in [0.25, 0.3) is 5.91 Å². The van der Waals surface area contributed by atoms with Crippen molar-refractivity contribution in [3.05, 3.63) is 35.9 Å². The number of carbonyl (C=O) groups is 1. The van der Waals surface area contributed by atoms with Crippen LogP contribution in [0, 0.1) is 0 Å². The van der Waals surface area contributed by atoms with Crippen molar-refractivity contribution in [1.29, 1.82) is 0 Å². The van der Waals surface area contributed by atoms with Crippen LogP contribution >= 0.6 is 0 Å². The molecule has 0 saturated heterocycles. The summed E-state index contributed by atoms with van der Waals surface area (Å²) in [5.74, 6) is -0.241. The van der Waals surface area contributed by atoms with Crippen molar-refractivity contribution in [3.63, 3.8) is 0 Å². The summed E-state index contributed by atoms with van der Waals surface area (Å²) in [4.78, 5) is 11.7. The van der Waals surface area contributed by atoms with Crippen molar-refractivity contribution < 1.29 is 14.6 Å². The topological polar surface area (TPSA) is 58.6 Å². The molecule has 0 aliphatic rings. The van der Waals surface area contributed by atoms with Crippen LogP contribution in [0.4, 0.5) is 0 Å². The predicted octanol–water partition coefficient (Wildman–Crippen LogP) is 0.871. The zero-order valence-electron chi connectivity index (χ0n) is 9.51. The summed E-state index contributed by atoms with van der Waals surface area (Å²) < 4.78 is 5.14. The second kappa shape index (κ2) is 6.25. The van der Waals surface area contributed by atoms with Gasteiger partial charge in [-0.3, -0.25) is 4.79 Å². The Kier molecular flexibility index (Phi) is 4.95. The first-order valence-corrected chi connectivity index (χ1v) is 5.18. The molecule has 88 valence electrons. The molecule has 0 saturated carbocycles. The summed E-state index contributed by atoms with van der Waals surface area (Å²) in [5.41, 5.74) is 0.799. The zero-order chi connectivity index (χ0) is 12.0. The molecule has 2 N–H and O–H groups in total. The molecule has 1 rings (SSSR count). The van der Waals surface area contributed by atoms with Gasteiger partial charge >= 0.3 is 0 Å². The maximum Gasteiger partial charge on any atom is 0.253 e. The molecule has 0 radical (unpaired) electrons. The Morgan fingerprint density at radius 1 is 1.44 bits per heavy atom. The van der Waals surface area contributed by atoms with Crippen LogP contribution in [-0.4, -0.2) is 30.8 Å². The molecular formula is C12H17NO3. The Morgan fingerprint density at radius 2 is 2.06 bits per heavy atom. The first kappa shape index (κ1) is 12.7. The van der Waals surface area contributed by atoms with E-state index in [2.05, 4.69) is 5.32 Å². The van der Waals surface area contributed by atoms with Gasteiger partial charge in [-0.05, 0) is 12.5 Å². The first-order chi connectivity index (χ1) is 7.65. The van der Waals surface area contributed by atoms with Gasteiger partial charge in [-0.15, -0.1) is 0 Å². The van der Waals surface area contributed by atoms with Crippen LogP contribution in [0.15, 0.2) is 30.3 Å². The van der Waals surface area contributed by atoms with Crippen LogP contribution in [-0.2, 0) is 9.53 Å². The number of aliphatic hydroxyl groups excluding tert-OH is 1. The zero-order valence-corrected chi connectivity index (χ0v) is 9.51. The maximum atomic E-state index is 11.7. The highest BCUT2D eigenvalue weighted by molar-refractivity contribution is 5.82. The number of hydrogen-bond acceptors (Lipinski definition) is 3. The van der Waals surface area contributed by atoms with Crippen molar-refractivity contribution in [2.45, 2.75) is 19.1 Å². The largest absolute Gasteiger partial charge is 0.392 e. The lowest BCUT2D eigenvalue weighted by molar-refractivity contribution is -0.131. The quantitative estimate of drug-likeness (QED) is 0.778. The van der Waals surface area contributed by atoms with Crippen LogP contribution in [0.25, 0.3) is 0 Å². The van der Waals surface area contributed by atoms with Gasteiger partial charge in [0.15, 0.2) is 6.10 Å². The molecule has 1 aromatic rings. The number of ether oxygens (including phenoxy) is 1. The van der Waals surface area contributed by atoms with Crippen molar-refractivity contribution in [3.8, 4) is 0 Å². The first-order valence-electron chi connectivity index (χ1n) is 5.18. The molecule has 0 heterocycles. The van der Waals surface area contributed by atoms with E-state index in [4.69, 9.17) is 9.84 Å². The maximum absolute atomic E-state index is 11.7. The number of rotatable bonds is 5. The summed E-state index contributed by atoms with van der Waals surface area (Å²) in [7, 11) is 1.49. The number of hydrogen-bond donors (Lipinski definition) is 2. The number of aliphatic hydroxyl groups is 1. The molecule has 4 heteroatoms. The van der Waals surface area contributed by atoms with Crippen LogP contribution in [0.5, 0.6) is 0 Å². The predicted molar refractivity (Wildman–Crippen MR) is 60.9 cm³/mol. The van der Waals surface area contributed by atoms with E-state index in [9.17, 15) is 4.79 Å². The molecule has 2 unspecified atom stereocenters. The average Bonchev–Trinajstić information content (AvgIpc) is 2.29. The summed E-state index contributed by atoms with van der Waals surface area (Å²) in [6.07, 6.45) is -1.18. The number of nitrogens with one attached hydrogen (secondary N) is 1. The average molecular weight is 223 g/mol. The van der Waals surface area contributed by atoms with Gasteiger partial charge in [0.05, 0.1) is 6.10 Å². The smallest absolute Gasteiger partial charge is 0.253 e. The minimum atomic E-state index is -0.625. The fraction of sp³-hybridized carbons (Fsp3) is 0.417. The molecule has 0 aliphatic heterocycles. The third-order valence-electron chi connectivity index (χ3n) is 2.15. The van der Waals surface area contributed by atoms with Gasteiger partial charge < -0.3 is 15.2 Å². The minimum Gasteiger partial charge on any atom is -0.392 e. The lowest BCUT2D eigenvalue weighted by Crippen LogP contribution is -2.35. The van der Waals surface area contributed by atoms with E-state index in [-0.39, 0.29) is 12.5 Å². The third-order valence-corrected chi connectivity index (χ3v) is 2.15. The van der Waals surface area contributed by atoms with Crippen molar-refractivity contribution in [1.82, 2.24) is 5.32 Å². The fourth-order valence-corrected chi connectivity index (χ4v) is 1.36. The molecule has 16 heavy (non-hydrogen) atoms. The van der Waals surface area contributed by atoms with E-state index >= 15 is 0 Å². The number of carbonyl (C=O) groups excluding carboxylic acids is 1. The van der Waals surface area contributed by atoms with Gasteiger partial charge in [0.1, 0.15) is 0 Å². The normalized spacial score (nSPS) is 14.2. The van der Waals surface area contributed by atoms with Gasteiger partial charge in [-0.2, -0.15) is 0 Å². The number of amides is 1. The van der Waals surface area contributed by atoms with Gasteiger partial charge in [0.2, 0.25) is 0 Å². The minimum absolute atomic E-state index is 0.228. The van der Waals surface area contributed by atoms with Gasteiger partial charge in [-0.1, -0.05) is 30.3 Å². The Balaban J connectivity index is 2.64. The highest BCUT2D eigenvalue weighted by atomic mass is 16.5. The Bertz CT molecular complexity index is 324. The van der Waals surface area contributed by atoms with Crippen molar-refractivity contribution in [2.75, 3.05) is 13.7 Å². The SMILES string of the molecule is COC(C(=O)NCC(C)O)c1ccccc1. The van der Waals surface area contributed by atoms with E-state index in [0.717, 1.165) is 5.56 Å². The Hall–Kier alpha value is -1.39. The van der Waals surface area contributed by atoms with Crippen LogP contribution in [0.2, 0.25) is 0 Å². The fourth-order valence-electron chi connectivity index (χ4n) is 1.36. The second-order valence-electron chi connectivity index (χ2n) is 3.62. The standard InChI is InChI=1S/C12H17NO3/c1-9(14)8-13-12(15)11(16-2)10-6-4-3-5-7-10/h3-7,9,11,14H,8H2,1-2H3,(H,13,15). The molecule has 0 bridgehead atoms. The van der Waals surface area contributed by atoms with Gasteiger partial charge in [-0.25, -0.2) is 0 Å². The molecule has 1 amide bonds. The molecule has 0 aliphatic carbocycles. The van der Waals surface area contributed by atoms with E-state index in [1.807, 2.05) is 30.3 Å². The lowest BCUT2D eigenvalue weighted by Gasteiger charge is -2.16. The Morgan fingerprint density at radius 3 is 2.56 bits per heavy atom. The van der Waals surface area contributed by atoms with E-state index in [0.29, 0.717) is 0 Å². The van der Waals surface area contributed by atoms with E-state index in [1.54, 1.807) is 6.92 Å². The molecule has 0 fully saturated rings. The van der Waals surface area contributed by atoms with Crippen molar-refractivity contribution >= 4 is 5.91 Å². The van der Waals surface area contributed by atoms with Gasteiger partial charge in [0, 0.05) is 13.7 Å². The molecule has 4 nitrogen and oxygen atoms in total. The second-order valence-corrected chi connectivity index (χ2v) is 3.62. The number of methoxy groups -OCH3 is 1. The van der Waals surface area contributed by atoms with E-state index in [1.165, 1.54) is 7.11 Å². The van der Waals surface area contributed by atoms with Crippen LogP contribution < -0.4 is 5.32 Å². The summed E-state index contributed by atoms with van der Waals surface area (Å²) in [6.45, 7) is 1.84. The highest BCUT2D eigenvalue weighted by Gasteiger charge is 2.19. The van der Waals surface area contributed by atoms with Crippen LogP contribution in [0.1, 0.15) is 18.6 Å². The molecule has 0 spiro atoms. The monoisotopic (exact) mass is 223 g/mol. The highest BCUT2D eigenvalue weighted by Crippen LogP contribution is 2.15. The van der Waals surface area contributed by atoms with E-state index < -0.39 is 12.2 Å². The lowest BCUT2D eigenvalue weighted by atomic mass is 10.1. The summed E-state index contributed by atoms with van der Waals surface area (Å²) >= 11 is 0. The third kappa shape index (κ3) is 3.64. The Labute approximate surface area is 95.2 Å².